The highest BCUT2D eigenvalue weighted by atomic mass is 32.1. The predicted molar refractivity (Wildman–Crippen MR) is 131 cm³/mol. The molecule has 0 saturated heterocycles. The Hall–Kier alpha value is -3.30. The fourth-order valence-electron chi connectivity index (χ4n) is 3.57. The lowest BCUT2D eigenvalue weighted by atomic mass is 9.92. The molecule has 3 rings (SSSR count). The number of thiazole rings is 1. The second kappa shape index (κ2) is 11.2. The zero-order chi connectivity index (χ0) is 24.8. The van der Waals surface area contributed by atoms with Gasteiger partial charge in [0, 0.05) is 23.5 Å². The van der Waals surface area contributed by atoms with E-state index in [9.17, 15) is 14.7 Å². The van der Waals surface area contributed by atoms with Crippen molar-refractivity contribution in [1.29, 1.82) is 0 Å². The first-order chi connectivity index (χ1) is 16.2. The van der Waals surface area contributed by atoms with Gasteiger partial charge in [0.1, 0.15) is 22.1 Å². The minimum absolute atomic E-state index is 0.0593. The number of amides is 1. The summed E-state index contributed by atoms with van der Waals surface area (Å²) in [5.74, 6) is -1.44. The molecule has 2 unspecified atom stereocenters. The van der Waals surface area contributed by atoms with Crippen molar-refractivity contribution in [2.75, 3.05) is 13.7 Å². The monoisotopic (exact) mass is 483 g/mol. The number of hydrogen-bond donors (Lipinski definition) is 2. The zero-order valence-electron chi connectivity index (χ0n) is 19.9. The third-order valence-corrected chi connectivity index (χ3v) is 6.26. The summed E-state index contributed by atoms with van der Waals surface area (Å²) in [5.41, 5.74) is 2.73. The average molecular weight is 484 g/mol. The van der Waals surface area contributed by atoms with Crippen LogP contribution in [0.1, 0.15) is 46.3 Å². The van der Waals surface area contributed by atoms with Crippen molar-refractivity contribution < 1.29 is 24.2 Å². The van der Waals surface area contributed by atoms with E-state index in [0.29, 0.717) is 22.0 Å². The predicted octanol–water partition coefficient (Wildman–Crippen LogP) is 4.22. The van der Waals surface area contributed by atoms with Crippen LogP contribution >= 0.6 is 11.3 Å². The van der Waals surface area contributed by atoms with E-state index < -0.39 is 18.0 Å². The van der Waals surface area contributed by atoms with Crippen LogP contribution in [0.3, 0.4) is 0 Å². The molecule has 0 bridgehead atoms. The van der Waals surface area contributed by atoms with Crippen molar-refractivity contribution >= 4 is 23.2 Å². The molecule has 2 atom stereocenters. The van der Waals surface area contributed by atoms with Crippen LogP contribution in [0.25, 0.3) is 10.7 Å². The number of aryl methyl sites for hydroxylation is 2. The van der Waals surface area contributed by atoms with E-state index in [1.165, 1.54) is 11.3 Å². The van der Waals surface area contributed by atoms with Crippen LogP contribution in [-0.4, -0.2) is 52.8 Å². The van der Waals surface area contributed by atoms with E-state index in [4.69, 9.17) is 9.47 Å². The van der Waals surface area contributed by atoms with Crippen molar-refractivity contribution in [1.82, 2.24) is 15.3 Å². The fourth-order valence-corrected chi connectivity index (χ4v) is 4.55. The SMILES string of the molecule is COc1ccc(C(CNC(=O)c2nc(-c3ncccc3C)sc2C)C(OC(C)C)C(=O)O)cc1. The first kappa shape index (κ1) is 25.3. The summed E-state index contributed by atoms with van der Waals surface area (Å²) >= 11 is 1.40. The number of aromatic nitrogens is 2. The van der Waals surface area contributed by atoms with Crippen molar-refractivity contribution in [2.24, 2.45) is 0 Å². The van der Waals surface area contributed by atoms with Crippen LogP contribution in [0.15, 0.2) is 42.6 Å². The van der Waals surface area contributed by atoms with Crippen LogP contribution in [0.2, 0.25) is 0 Å². The van der Waals surface area contributed by atoms with Gasteiger partial charge in [0.2, 0.25) is 0 Å². The number of nitrogens with zero attached hydrogens (tertiary/aromatic N) is 2. The molecule has 34 heavy (non-hydrogen) atoms. The smallest absolute Gasteiger partial charge is 0.333 e. The molecule has 2 aromatic heterocycles. The Morgan fingerprint density at radius 3 is 2.44 bits per heavy atom. The average Bonchev–Trinajstić information content (AvgIpc) is 3.20. The van der Waals surface area contributed by atoms with Crippen LogP contribution < -0.4 is 10.1 Å². The third kappa shape index (κ3) is 5.98. The number of aliphatic carboxylic acids is 1. The highest BCUT2D eigenvalue weighted by molar-refractivity contribution is 7.15. The van der Waals surface area contributed by atoms with Gasteiger partial charge in [-0.25, -0.2) is 9.78 Å². The Kier molecular flexibility index (Phi) is 8.36. The summed E-state index contributed by atoms with van der Waals surface area (Å²) in [4.78, 5) is 34.8. The van der Waals surface area contributed by atoms with Crippen molar-refractivity contribution in [3.05, 3.63) is 64.3 Å². The summed E-state index contributed by atoms with van der Waals surface area (Å²) in [7, 11) is 1.56. The highest BCUT2D eigenvalue weighted by Crippen LogP contribution is 2.29. The maximum Gasteiger partial charge on any atom is 0.333 e. The van der Waals surface area contributed by atoms with Gasteiger partial charge in [-0.1, -0.05) is 18.2 Å². The molecule has 0 radical (unpaired) electrons. The lowest BCUT2D eigenvalue weighted by Crippen LogP contribution is -2.40. The summed E-state index contributed by atoms with van der Waals surface area (Å²) in [6, 6.07) is 10.9. The molecular formula is C25H29N3O5S. The van der Waals surface area contributed by atoms with E-state index in [1.54, 1.807) is 51.4 Å². The van der Waals surface area contributed by atoms with Gasteiger partial charge in [0.25, 0.3) is 5.91 Å². The molecule has 0 aliphatic heterocycles. The number of benzene rings is 1. The second-order valence-electron chi connectivity index (χ2n) is 8.13. The van der Waals surface area contributed by atoms with Gasteiger partial charge in [0.05, 0.1) is 13.2 Å². The van der Waals surface area contributed by atoms with Crippen LogP contribution in [0.4, 0.5) is 0 Å². The number of pyridine rings is 1. The largest absolute Gasteiger partial charge is 0.497 e. The van der Waals surface area contributed by atoms with Gasteiger partial charge in [-0.3, -0.25) is 9.78 Å². The van der Waals surface area contributed by atoms with Gasteiger partial charge in [0.15, 0.2) is 6.10 Å². The van der Waals surface area contributed by atoms with Crippen molar-refractivity contribution in [3.63, 3.8) is 0 Å². The number of carboxylic acids is 1. The molecule has 3 aromatic rings. The lowest BCUT2D eigenvalue weighted by molar-refractivity contribution is -0.155. The minimum atomic E-state index is -1.14. The van der Waals surface area contributed by atoms with Crippen LogP contribution in [0.5, 0.6) is 5.75 Å². The summed E-state index contributed by atoms with van der Waals surface area (Å²) in [6.07, 6.45) is 0.249. The first-order valence-corrected chi connectivity index (χ1v) is 11.7. The molecule has 180 valence electrons. The van der Waals surface area contributed by atoms with E-state index in [2.05, 4.69) is 15.3 Å². The van der Waals surface area contributed by atoms with Gasteiger partial charge < -0.3 is 19.9 Å². The Morgan fingerprint density at radius 2 is 1.85 bits per heavy atom. The van der Waals surface area contributed by atoms with Crippen molar-refractivity contribution in [3.8, 4) is 16.5 Å². The van der Waals surface area contributed by atoms with E-state index in [-0.39, 0.29) is 18.6 Å². The summed E-state index contributed by atoms with van der Waals surface area (Å²) in [5, 5.41) is 13.4. The number of methoxy groups -OCH3 is 1. The number of rotatable bonds is 10. The molecule has 1 amide bonds. The molecular weight excluding hydrogens is 454 g/mol. The quantitative estimate of drug-likeness (QED) is 0.444. The number of carboxylic acid groups (broad SMARTS) is 1. The standard InChI is InChI=1S/C25H29N3O5S/c1-14(2)33-22(25(30)31)19(17-8-10-18(32-5)11-9-17)13-27-23(29)21-16(4)34-24(28-21)20-15(3)7-6-12-26-20/h6-12,14,19,22H,13H2,1-5H3,(H,27,29)(H,30,31). The van der Waals surface area contributed by atoms with Gasteiger partial charge in [-0.2, -0.15) is 0 Å². The summed E-state index contributed by atoms with van der Waals surface area (Å²) in [6.45, 7) is 7.39. The maximum absolute atomic E-state index is 13.1. The molecule has 0 aliphatic rings. The van der Waals surface area contributed by atoms with Gasteiger partial charge in [-0.05, 0) is 57.0 Å². The van der Waals surface area contributed by atoms with E-state index in [1.807, 2.05) is 26.0 Å². The Morgan fingerprint density at radius 1 is 1.15 bits per heavy atom. The zero-order valence-corrected chi connectivity index (χ0v) is 20.7. The third-order valence-electron chi connectivity index (χ3n) is 5.28. The molecule has 0 saturated carbocycles. The molecule has 8 nitrogen and oxygen atoms in total. The van der Waals surface area contributed by atoms with Gasteiger partial charge >= 0.3 is 5.97 Å². The van der Waals surface area contributed by atoms with Crippen LogP contribution in [0, 0.1) is 13.8 Å². The molecule has 9 heteroatoms. The minimum Gasteiger partial charge on any atom is -0.497 e. The highest BCUT2D eigenvalue weighted by Gasteiger charge is 2.32. The maximum atomic E-state index is 13.1. The normalized spacial score (nSPS) is 12.9. The molecule has 0 spiro atoms. The topological polar surface area (TPSA) is 111 Å². The molecule has 2 heterocycles. The number of carbonyl (C=O) groups excluding carboxylic acids is 1. The lowest BCUT2D eigenvalue weighted by Gasteiger charge is -2.26. The Bertz CT molecular complexity index is 1140. The van der Waals surface area contributed by atoms with Gasteiger partial charge in [-0.15, -0.1) is 11.3 Å². The van der Waals surface area contributed by atoms with Crippen molar-refractivity contribution in [2.45, 2.75) is 45.8 Å². The van der Waals surface area contributed by atoms with E-state index in [0.717, 1.165) is 16.1 Å². The first-order valence-electron chi connectivity index (χ1n) is 10.9. The van der Waals surface area contributed by atoms with E-state index >= 15 is 0 Å². The Labute approximate surface area is 203 Å². The molecule has 1 aromatic carbocycles. The Balaban J connectivity index is 1.85. The number of nitrogens with one attached hydrogen (secondary N) is 1. The molecule has 2 N–H and O–H groups in total. The summed E-state index contributed by atoms with van der Waals surface area (Å²) < 4.78 is 10.9. The fraction of sp³-hybridized carbons (Fsp3) is 0.360. The molecule has 0 aliphatic carbocycles. The second-order valence-corrected chi connectivity index (χ2v) is 9.33. The molecule has 0 fully saturated rings. The number of carbonyl (C=O) groups is 2. The number of ether oxygens (including phenoxy) is 2. The van der Waals surface area contributed by atoms with Crippen LogP contribution in [-0.2, 0) is 9.53 Å². The number of hydrogen-bond acceptors (Lipinski definition) is 7.